The van der Waals surface area contributed by atoms with E-state index in [9.17, 15) is 4.79 Å². The molecule has 2 aromatic rings. The minimum absolute atomic E-state index is 0.00349. The number of nitrogens with zero attached hydrogens (tertiary/aromatic N) is 1. The van der Waals surface area contributed by atoms with E-state index in [1.54, 1.807) is 0 Å². The quantitative estimate of drug-likeness (QED) is 0.644. The molecule has 0 radical (unpaired) electrons. The number of rotatable bonds is 10. The summed E-state index contributed by atoms with van der Waals surface area (Å²) < 4.78 is 0. The molecular weight excluding hydrogens is 330 g/mol. The first-order valence-corrected chi connectivity index (χ1v) is 9.94. The van der Waals surface area contributed by atoms with E-state index in [1.807, 2.05) is 41.8 Å². The number of para-hydroxylation sites is 1. The number of nitrogens with one attached hydrogen (secondary N) is 2. The Morgan fingerprint density at radius 3 is 2.56 bits per heavy atom. The van der Waals surface area contributed by atoms with Gasteiger partial charge in [0.2, 0.25) is 0 Å². The molecule has 0 saturated carbocycles. The molecule has 0 saturated heterocycles. The second-order valence-electron chi connectivity index (χ2n) is 6.20. The molecule has 136 valence electrons. The second-order valence-corrected chi connectivity index (χ2v) is 7.11. The Morgan fingerprint density at radius 1 is 1.16 bits per heavy atom. The molecule has 1 aromatic heterocycles. The van der Waals surface area contributed by atoms with E-state index in [4.69, 9.17) is 0 Å². The number of carbonyl (C=O) groups is 1. The van der Waals surface area contributed by atoms with Crippen molar-refractivity contribution in [1.82, 2.24) is 10.2 Å². The predicted octanol–water partition coefficient (Wildman–Crippen LogP) is 4.73. The Kier molecular flexibility index (Phi) is 7.95. The highest BCUT2D eigenvalue weighted by Gasteiger charge is 2.15. The van der Waals surface area contributed by atoms with E-state index in [0.717, 1.165) is 48.7 Å². The zero-order valence-corrected chi connectivity index (χ0v) is 16.2. The fourth-order valence-electron chi connectivity index (χ4n) is 2.78. The molecule has 1 aromatic carbocycles. The van der Waals surface area contributed by atoms with Crippen LogP contribution in [0.1, 0.15) is 43.3 Å². The highest BCUT2D eigenvalue weighted by molar-refractivity contribution is 7.12. The Hall–Kier alpha value is -1.85. The van der Waals surface area contributed by atoms with Crippen molar-refractivity contribution in [2.75, 3.05) is 25.0 Å². The Labute approximate surface area is 155 Å². The van der Waals surface area contributed by atoms with Gasteiger partial charge in [0.05, 0.1) is 5.69 Å². The molecule has 5 heteroatoms. The van der Waals surface area contributed by atoms with Crippen LogP contribution < -0.4 is 10.6 Å². The summed E-state index contributed by atoms with van der Waals surface area (Å²) in [7, 11) is 0. The Morgan fingerprint density at radius 2 is 1.88 bits per heavy atom. The standard InChI is InChI=1S/C20H29N3OS/c1-4-23(5-2)14-9-10-16(3)21-20(24)19-18(13-15-25-19)22-17-11-7-6-8-12-17/h6-8,11-13,15-16,22H,4-5,9-10,14H2,1-3H3,(H,21,24). The van der Waals surface area contributed by atoms with Crippen molar-refractivity contribution >= 4 is 28.6 Å². The monoisotopic (exact) mass is 359 g/mol. The smallest absolute Gasteiger partial charge is 0.263 e. The molecule has 25 heavy (non-hydrogen) atoms. The van der Waals surface area contributed by atoms with Gasteiger partial charge in [0.1, 0.15) is 4.88 Å². The van der Waals surface area contributed by atoms with Crippen LogP contribution >= 0.6 is 11.3 Å². The van der Waals surface area contributed by atoms with Crippen LogP contribution in [-0.4, -0.2) is 36.5 Å². The van der Waals surface area contributed by atoms with Gasteiger partial charge < -0.3 is 15.5 Å². The Bertz CT molecular complexity index is 637. The minimum Gasteiger partial charge on any atom is -0.354 e. The maximum absolute atomic E-state index is 12.6. The number of anilines is 2. The molecule has 0 aliphatic rings. The van der Waals surface area contributed by atoms with Gasteiger partial charge in [-0.15, -0.1) is 11.3 Å². The minimum atomic E-state index is 0.00349. The van der Waals surface area contributed by atoms with E-state index in [-0.39, 0.29) is 11.9 Å². The van der Waals surface area contributed by atoms with Crippen molar-refractivity contribution in [3.63, 3.8) is 0 Å². The summed E-state index contributed by atoms with van der Waals surface area (Å²) in [4.78, 5) is 15.7. The van der Waals surface area contributed by atoms with Gasteiger partial charge >= 0.3 is 0 Å². The van der Waals surface area contributed by atoms with Gasteiger partial charge in [0.15, 0.2) is 0 Å². The fourth-order valence-corrected chi connectivity index (χ4v) is 3.54. The number of hydrogen-bond acceptors (Lipinski definition) is 4. The maximum atomic E-state index is 12.6. The Balaban J connectivity index is 1.85. The van der Waals surface area contributed by atoms with Crippen LogP contribution in [0.3, 0.4) is 0 Å². The lowest BCUT2D eigenvalue weighted by Crippen LogP contribution is -2.33. The molecule has 0 spiro atoms. The van der Waals surface area contributed by atoms with Gasteiger partial charge in [0, 0.05) is 11.7 Å². The lowest BCUT2D eigenvalue weighted by Gasteiger charge is -2.19. The van der Waals surface area contributed by atoms with Crippen LogP contribution in [0, 0.1) is 0 Å². The summed E-state index contributed by atoms with van der Waals surface area (Å²) in [5.74, 6) is 0.00349. The largest absolute Gasteiger partial charge is 0.354 e. The average molecular weight is 360 g/mol. The number of thiophene rings is 1. The van der Waals surface area contributed by atoms with Gasteiger partial charge in [-0.1, -0.05) is 32.0 Å². The zero-order chi connectivity index (χ0) is 18.1. The van der Waals surface area contributed by atoms with Crippen molar-refractivity contribution in [1.29, 1.82) is 0 Å². The van der Waals surface area contributed by atoms with Gasteiger partial charge in [-0.2, -0.15) is 0 Å². The van der Waals surface area contributed by atoms with Gasteiger partial charge in [-0.05, 0) is 63.0 Å². The summed E-state index contributed by atoms with van der Waals surface area (Å²) in [5.41, 5.74) is 1.85. The first-order valence-electron chi connectivity index (χ1n) is 9.06. The molecule has 0 aliphatic heterocycles. The summed E-state index contributed by atoms with van der Waals surface area (Å²) in [6.07, 6.45) is 2.09. The lowest BCUT2D eigenvalue weighted by molar-refractivity contribution is 0.0942. The van der Waals surface area contributed by atoms with Crippen molar-refractivity contribution in [3.8, 4) is 0 Å². The first kappa shape index (κ1) is 19.5. The predicted molar refractivity (Wildman–Crippen MR) is 108 cm³/mol. The molecule has 1 unspecified atom stereocenters. The summed E-state index contributed by atoms with van der Waals surface area (Å²) in [5, 5.41) is 8.40. The van der Waals surface area contributed by atoms with Crippen molar-refractivity contribution in [2.45, 2.75) is 39.7 Å². The molecule has 2 N–H and O–H groups in total. The van der Waals surface area contributed by atoms with Crippen molar-refractivity contribution in [3.05, 3.63) is 46.7 Å². The molecule has 4 nitrogen and oxygen atoms in total. The molecule has 1 amide bonds. The topological polar surface area (TPSA) is 44.4 Å². The molecule has 1 atom stereocenters. The lowest BCUT2D eigenvalue weighted by atomic mass is 10.1. The molecule has 2 rings (SSSR count). The average Bonchev–Trinajstić information content (AvgIpc) is 3.08. The first-order chi connectivity index (χ1) is 12.1. The molecule has 0 aliphatic carbocycles. The van der Waals surface area contributed by atoms with Gasteiger partial charge in [-0.3, -0.25) is 4.79 Å². The van der Waals surface area contributed by atoms with E-state index in [2.05, 4.69) is 36.3 Å². The molecular formula is C20H29N3OS. The second kappa shape index (κ2) is 10.2. The van der Waals surface area contributed by atoms with Crippen LogP contribution in [0.2, 0.25) is 0 Å². The van der Waals surface area contributed by atoms with Crippen molar-refractivity contribution in [2.24, 2.45) is 0 Å². The molecule has 1 heterocycles. The SMILES string of the molecule is CCN(CC)CCCC(C)NC(=O)c1sccc1Nc1ccccc1. The number of benzene rings is 1. The maximum Gasteiger partial charge on any atom is 0.263 e. The van der Waals surface area contributed by atoms with Crippen LogP contribution in [-0.2, 0) is 0 Å². The van der Waals surface area contributed by atoms with E-state index < -0.39 is 0 Å². The summed E-state index contributed by atoms with van der Waals surface area (Å²) in [6, 6.07) is 12.1. The number of carbonyl (C=O) groups excluding carboxylic acids is 1. The third kappa shape index (κ3) is 6.18. The van der Waals surface area contributed by atoms with Gasteiger partial charge in [0.25, 0.3) is 5.91 Å². The van der Waals surface area contributed by atoms with E-state index >= 15 is 0 Å². The normalized spacial score (nSPS) is 12.2. The summed E-state index contributed by atoms with van der Waals surface area (Å²) in [6.45, 7) is 9.71. The number of amides is 1. The van der Waals surface area contributed by atoms with Crippen LogP contribution in [0.4, 0.5) is 11.4 Å². The van der Waals surface area contributed by atoms with Crippen LogP contribution in [0.15, 0.2) is 41.8 Å². The molecule has 0 bridgehead atoms. The van der Waals surface area contributed by atoms with Crippen molar-refractivity contribution < 1.29 is 4.79 Å². The number of hydrogen-bond donors (Lipinski definition) is 2. The third-order valence-electron chi connectivity index (χ3n) is 4.31. The van der Waals surface area contributed by atoms with E-state index in [0.29, 0.717) is 0 Å². The highest BCUT2D eigenvalue weighted by atomic mass is 32.1. The zero-order valence-electron chi connectivity index (χ0n) is 15.4. The van der Waals surface area contributed by atoms with E-state index in [1.165, 1.54) is 11.3 Å². The van der Waals surface area contributed by atoms with Crippen LogP contribution in [0.5, 0.6) is 0 Å². The van der Waals surface area contributed by atoms with Gasteiger partial charge in [-0.25, -0.2) is 0 Å². The third-order valence-corrected chi connectivity index (χ3v) is 5.22. The summed E-state index contributed by atoms with van der Waals surface area (Å²) >= 11 is 1.47. The van der Waals surface area contributed by atoms with Crippen LogP contribution in [0.25, 0.3) is 0 Å². The molecule has 0 fully saturated rings. The fraction of sp³-hybridized carbons (Fsp3) is 0.450. The highest BCUT2D eigenvalue weighted by Crippen LogP contribution is 2.26.